The summed E-state index contributed by atoms with van der Waals surface area (Å²) < 4.78 is 1.94. The number of nitrogens with one attached hydrogen (secondary N) is 1. The lowest BCUT2D eigenvalue weighted by atomic mass is 10.1. The van der Waals surface area contributed by atoms with Crippen LogP contribution in [0.15, 0.2) is 21.7 Å². The third-order valence-electron chi connectivity index (χ3n) is 5.80. The molecule has 4 rings (SSSR count). The van der Waals surface area contributed by atoms with Crippen LogP contribution in [0.25, 0.3) is 22.6 Å². The Morgan fingerprint density at radius 1 is 1.18 bits per heavy atom. The van der Waals surface area contributed by atoms with Gasteiger partial charge in [-0.25, -0.2) is 9.78 Å². The predicted octanol–water partition coefficient (Wildman–Crippen LogP) is 1.05. The summed E-state index contributed by atoms with van der Waals surface area (Å²) in [4.78, 5) is 37.3. The quantitative estimate of drug-likeness (QED) is 0.638. The van der Waals surface area contributed by atoms with E-state index in [1.54, 1.807) is 0 Å². The van der Waals surface area contributed by atoms with Gasteiger partial charge in [0.25, 0.3) is 5.56 Å². The van der Waals surface area contributed by atoms with Crippen LogP contribution in [0.4, 0.5) is 0 Å². The van der Waals surface area contributed by atoms with Gasteiger partial charge < -0.3 is 9.67 Å². The minimum atomic E-state index is -0.657. The minimum Gasteiger partial charge on any atom is -0.396 e. The largest absolute Gasteiger partial charge is 0.396 e. The van der Waals surface area contributed by atoms with E-state index in [1.165, 1.54) is 0 Å². The first-order valence-corrected chi connectivity index (χ1v) is 9.74. The van der Waals surface area contributed by atoms with Crippen molar-refractivity contribution < 1.29 is 5.11 Å². The van der Waals surface area contributed by atoms with Gasteiger partial charge in [-0.05, 0) is 62.9 Å². The topological polar surface area (TPSA) is 104 Å². The van der Waals surface area contributed by atoms with Crippen LogP contribution in [0.3, 0.4) is 0 Å². The average Bonchev–Trinajstić information content (AvgIpc) is 3.08. The number of hydrogen-bond donors (Lipinski definition) is 2. The molecule has 0 radical (unpaired) electrons. The van der Waals surface area contributed by atoms with Gasteiger partial charge in [-0.3, -0.25) is 14.7 Å². The summed E-state index contributed by atoms with van der Waals surface area (Å²) in [6.07, 6.45) is 2.97. The number of aromatic nitrogens is 4. The monoisotopic (exact) mass is 383 g/mol. The number of benzene rings is 1. The fraction of sp³-hybridized carbons (Fsp3) is 0.500. The Hall–Kier alpha value is -2.58. The molecule has 8 heteroatoms. The molecule has 0 spiro atoms. The number of aromatic amines is 1. The molecular weight excluding hydrogens is 358 g/mol. The minimum absolute atomic E-state index is 0.184. The van der Waals surface area contributed by atoms with Crippen molar-refractivity contribution in [2.45, 2.75) is 45.7 Å². The lowest BCUT2D eigenvalue weighted by molar-refractivity contribution is 0.191. The summed E-state index contributed by atoms with van der Waals surface area (Å²) in [5, 5.41) is 9.31. The maximum Gasteiger partial charge on any atom is 0.349 e. The normalized spacial score (nSPS) is 17.8. The van der Waals surface area contributed by atoms with Gasteiger partial charge in [0.05, 0.1) is 11.0 Å². The second-order valence-electron chi connectivity index (χ2n) is 7.58. The molecule has 1 atom stereocenters. The molecule has 148 valence electrons. The summed E-state index contributed by atoms with van der Waals surface area (Å²) in [6, 6.07) is 4.38. The number of aryl methyl sites for hydroxylation is 2. The standard InChI is InChI=1S/C20H25N5O3/c1-12-10-15-16(11-13(12)2)25(8-7-24-6-3-4-14(24)5-9-26)18-17(21-15)19(27)23-20(28)22-18/h10-11,14,26H,3-9H2,1-2H3,(H,23,27,28)/t14-/m0/s1. The molecule has 1 fully saturated rings. The summed E-state index contributed by atoms with van der Waals surface area (Å²) >= 11 is 0. The van der Waals surface area contributed by atoms with Crippen molar-refractivity contribution in [3.8, 4) is 11.5 Å². The van der Waals surface area contributed by atoms with Gasteiger partial charge in [-0.2, -0.15) is 4.98 Å². The molecule has 1 saturated heterocycles. The van der Waals surface area contributed by atoms with Crippen LogP contribution in [-0.2, 0) is 6.54 Å². The molecule has 0 amide bonds. The third kappa shape index (κ3) is 3.33. The predicted molar refractivity (Wildman–Crippen MR) is 107 cm³/mol. The zero-order valence-corrected chi connectivity index (χ0v) is 16.2. The van der Waals surface area contributed by atoms with Crippen LogP contribution in [0.5, 0.6) is 0 Å². The second kappa shape index (κ2) is 7.44. The molecule has 3 aliphatic rings. The molecule has 0 bridgehead atoms. The lowest BCUT2D eigenvalue weighted by Gasteiger charge is -2.25. The molecule has 0 aromatic heterocycles. The van der Waals surface area contributed by atoms with Crippen LogP contribution in [-0.4, -0.2) is 55.3 Å². The highest BCUT2D eigenvalue weighted by Gasteiger charge is 2.25. The van der Waals surface area contributed by atoms with Gasteiger partial charge in [0.15, 0.2) is 11.5 Å². The Labute approximate surface area is 162 Å². The fourth-order valence-corrected chi connectivity index (χ4v) is 4.17. The molecule has 0 saturated carbocycles. The number of fused-ring (bicyclic) bond motifs is 2. The van der Waals surface area contributed by atoms with Crippen molar-refractivity contribution in [1.29, 1.82) is 0 Å². The molecule has 0 unspecified atom stereocenters. The van der Waals surface area contributed by atoms with E-state index in [4.69, 9.17) is 0 Å². The van der Waals surface area contributed by atoms with E-state index >= 15 is 0 Å². The van der Waals surface area contributed by atoms with Crippen molar-refractivity contribution in [3.63, 3.8) is 0 Å². The number of H-pyrrole nitrogens is 1. The number of likely N-dealkylation sites (tertiary alicyclic amines) is 1. The summed E-state index contributed by atoms with van der Waals surface area (Å²) in [7, 11) is 0. The summed E-state index contributed by atoms with van der Waals surface area (Å²) in [5.74, 6) is 0.322. The van der Waals surface area contributed by atoms with Crippen LogP contribution < -0.4 is 11.2 Å². The number of hydrogen-bond acceptors (Lipinski definition) is 6. The maximum atomic E-state index is 12.3. The SMILES string of the molecule is Cc1cc2nc3c(=O)[nH]c(=O)nc-3n(CCN3CCC[C@H]3CCO)c2cc1C. The van der Waals surface area contributed by atoms with Crippen molar-refractivity contribution in [2.24, 2.45) is 0 Å². The van der Waals surface area contributed by atoms with Crippen LogP contribution in [0.1, 0.15) is 30.4 Å². The highest BCUT2D eigenvalue weighted by molar-refractivity contribution is 5.81. The van der Waals surface area contributed by atoms with E-state index in [-0.39, 0.29) is 12.3 Å². The Balaban J connectivity index is 1.83. The van der Waals surface area contributed by atoms with E-state index in [2.05, 4.69) is 19.9 Å². The Kier molecular flexibility index (Phi) is 4.99. The molecule has 1 aromatic rings. The number of nitrogens with zero attached hydrogens (tertiary/aromatic N) is 4. The first-order valence-electron chi connectivity index (χ1n) is 9.74. The zero-order valence-electron chi connectivity index (χ0n) is 16.2. The number of aliphatic hydroxyl groups is 1. The van der Waals surface area contributed by atoms with E-state index in [0.29, 0.717) is 18.4 Å². The summed E-state index contributed by atoms with van der Waals surface area (Å²) in [6.45, 7) is 6.58. The lowest BCUT2D eigenvalue weighted by Crippen LogP contribution is -2.34. The van der Waals surface area contributed by atoms with Crippen LogP contribution >= 0.6 is 0 Å². The van der Waals surface area contributed by atoms with Crippen LogP contribution in [0.2, 0.25) is 0 Å². The maximum absolute atomic E-state index is 12.3. The Bertz CT molecular complexity index is 1100. The second-order valence-corrected chi connectivity index (χ2v) is 7.58. The van der Waals surface area contributed by atoms with E-state index in [1.807, 2.05) is 30.5 Å². The molecule has 8 nitrogen and oxygen atoms in total. The number of rotatable bonds is 5. The van der Waals surface area contributed by atoms with Crippen molar-refractivity contribution in [1.82, 2.24) is 24.4 Å². The molecule has 3 heterocycles. The Morgan fingerprint density at radius 2 is 1.96 bits per heavy atom. The van der Waals surface area contributed by atoms with E-state index in [9.17, 15) is 14.7 Å². The van der Waals surface area contributed by atoms with Crippen molar-refractivity contribution in [2.75, 3.05) is 19.7 Å². The highest BCUT2D eigenvalue weighted by atomic mass is 16.3. The highest BCUT2D eigenvalue weighted by Crippen LogP contribution is 2.25. The third-order valence-corrected chi connectivity index (χ3v) is 5.80. The molecule has 3 aliphatic heterocycles. The number of aliphatic hydroxyl groups excluding tert-OH is 1. The van der Waals surface area contributed by atoms with Gasteiger partial charge in [-0.15, -0.1) is 0 Å². The van der Waals surface area contributed by atoms with Crippen molar-refractivity contribution >= 4 is 11.0 Å². The van der Waals surface area contributed by atoms with Gasteiger partial charge in [-0.1, -0.05) is 0 Å². The van der Waals surface area contributed by atoms with Gasteiger partial charge in [0.1, 0.15) is 0 Å². The van der Waals surface area contributed by atoms with Gasteiger partial charge in [0.2, 0.25) is 0 Å². The average molecular weight is 383 g/mol. The van der Waals surface area contributed by atoms with E-state index < -0.39 is 11.2 Å². The first kappa shape index (κ1) is 18.8. The van der Waals surface area contributed by atoms with Crippen LogP contribution in [0, 0.1) is 13.8 Å². The first-order chi connectivity index (χ1) is 13.5. The fourth-order valence-electron chi connectivity index (χ4n) is 4.17. The van der Waals surface area contributed by atoms with Gasteiger partial charge in [0, 0.05) is 25.7 Å². The van der Waals surface area contributed by atoms with Gasteiger partial charge >= 0.3 is 5.69 Å². The molecular formula is C20H25N5O3. The smallest absolute Gasteiger partial charge is 0.349 e. The summed E-state index contributed by atoms with van der Waals surface area (Å²) in [5.41, 5.74) is 2.82. The molecule has 1 aromatic carbocycles. The zero-order chi connectivity index (χ0) is 19.8. The molecule has 28 heavy (non-hydrogen) atoms. The van der Waals surface area contributed by atoms with E-state index in [0.717, 1.165) is 54.5 Å². The molecule has 0 aliphatic carbocycles. The molecule has 2 N–H and O–H groups in total. The Morgan fingerprint density at radius 3 is 2.75 bits per heavy atom. The van der Waals surface area contributed by atoms with Crippen molar-refractivity contribution in [3.05, 3.63) is 44.1 Å².